The zero-order valence-electron chi connectivity index (χ0n) is 14.5. The van der Waals surface area contributed by atoms with Gasteiger partial charge in [-0.25, -0.2) is 0 Å². The van der Waals surface area contributed by atoms with E-state index in [1.807, 2.05) is 36.4 Å². The van der Waals surface area contributed by atoms with Gasteiger partial charge in [-0.1, -0.05) is 43.3 Å². The SMILES string of the molecule is CCC(c1ccc(N)cc1)c1ccc(N)cc1.Nc1ccccc1N. The average molecular weight is 334 g/mol. The van der Waals surface area contributed by atoms with Gasteiger partial charge in [-0.3, -0.25) is 0 Å². The molecule has 0 atom stereocenters. The fourth-order valence-corrected chi connectivity index (χ4v) is 2.63. The normalized spacial score (nSPS) is 10.2. The Bertz CT molecular complexity index is 713. The summed E-state index contributed by atoms with van der Waals surface area (Å²) in [5.41, 5.74) is 27.7. The minimum Gasteiger partial charge on any atom is -0.399 e. The summed E-state index contributed by atoms with van der Waals surface area (Å²) in [6, 6.07) is 23.5. The minimum atomic E-state index is 0.413. The molecule has 3 rings (SSSR count). The summed E-state index contributed by atoms with van der Waals surface area (Å²) < 4.78 is 0. The number of nitrogens with two attached hydrogens (primary N) is 4. The summed E-state index contributed by atoms with van der Waals surface area (Å²) in [5.74, 6) is 0.413. The van der Waals surface area contributed by atoms with Crippen molar-refractivity contribution in [2.45, 2.75) is 19.3 Å². The van der Waals surface area contributed by atoms with Crippen molar-refractivity contribution in [1.82, 2.24) is 0 Å². The van der Waals surface area contributed by atoms with Crippen LogP contribution >= 0.6 is 0 Å². The van der Waals surface area contributed by atoms with Crippen LogP contribution < -0.4 is 22.9 Å². The Labute approximate surface area is 149 Å². The number of rotatable bonds is 3. The van der Waals surface area contributed by atoms with Crippen LogP contribution in [-0.4, -0.2) is 0 Å². The molecule has 0 aliphatic carbocycles. The van der Waals surface area contributed by atoms with E-state index in [1.54, 1.807) is 12.1 Å². The van der Waals surface area contributed by atoms with Crippen molar-refractivity contribution in [2.24, 2.45) is 0 Å². The summed E-state index contributed by atoms with van der Waals surface area (Å²) in [7, 11) is 0. The lowest BCUT2D eigenvalue weighted by atomic mass is 9.89. The lowest BCUT2D eigenvalue weighted by Gasteiger charge is -2.16. The summed E-state index contributed by atoms with van der Waals surface area (Å²) >= 11 is 0. The van der Waals surface area contributed by atoms with Crippen LogP contribution in [0.1, 0.15) is 30.4 Å². The number of para-hydroxylation sites is 2. The Kier molecular flexibility index (Phi) is 6.29. The first-order chi connectivity index (χ1) is 12.0. The van der Waals surface area contributed by atoms with Crippen LogP contribution in [0, 0.1) is 0 Å². The zero-order valence-corrected chi connectivity index (χ0v) is 14.5. The molecule has 8 N–H and O–H groups in total. The smallest absolute Gasteiger partial charge is 0.0547 e. The molecule has 4 nitrogen and oxygen atoms in total. The van der Waals surface area contributed by atoms with Crippen LogP contribution in [0.4, 0.5) is 22.7 Å². The number of nitrogen functional groups attached to an aromatic ring is 4. The van der Waals surface area contributed by atoms with E-state index in [0.717, 1.165) is 17.8 Å². The molecule has 0 unspecified atom stereocenters. The maximum absolute atomic E-state index is 5.71. The maximum atomic E-state index is 5.71. The molecule has 0 saturated heterocycles. The van der Waals surface area contributed by atoms with E-state index in [1.165, 1.54) is 11.1 Å². The summed E-state index contributed by atoms with van der Waals surface area (Å²) in [6.45, 7) is 2.19. The second-order valence-corrected chi connectivity index (χ2v) is 5.92. The number of hydrogen-bond donors (Lipinski definition) is 4. The molecule has 0 aromatic heterocycles. The van der Waals surface area contributed by atoms with Gasteiger partial charge in [0.05, 0.1) is 11.4 Å². The molecule has 4 heteroatoms. The Hall–Kier alpha value is -3.14. The highest BCUT2D eigenvalue weighted by atomic mass is 14.7. The third-order valence-electron chi connectivity index (χ3n) is 4.08. The van der Waals surface area contributed by atoms with E-state index in [9.17, 15) is 0 Å². The molecule has 0 bridgehead atoms. The van der Waals surface area contributed by atoms with Gasteiger partial charge in [-0.2, -0.15) is 0 Å². The van der Waals surface area contributed by atoms with Crippen LogP contribution in [0.2, 0.25) is 0 Å². The van der Waals surface area contributed by atoms with Crippen LogP contribution in [0.5, 0.6) is 0 Å². The molecule has 25 heavy (non-hydrogen) atoms. The predicted molar refractivity (Wildman–Crippen MR) is 109 cm³/mol. The predicted octanol–water partition coefficient (Wildman–Crippen LogP) is 4.24. The molecule has 0 saturated carbocycles. The van der Waals surface area contributed by atoms with Crippen molar-refractivity contribution in [3.05, 3.63) is 83.9 Å². The first-order valence-electron chi connectivity index (χ1n) is 8.32. The van der Waals surface area contributed by atoms with Crippen molar-refractivity contribution in [2.75, 3.05) is 22.9 Å². The van der Waals surface area contributed by atoms with Gasteiger partial charge in [0.1, 0.15) is 0 Å². The van der Waals surface area contributed by atoms with E-state index >= 15 is 0 Å². The highest BCUT2D eigenvalue weighted by Gasteiger charge is 2.11. The topological polar surface area (TPSA) is 104 Å². The highest BCUT2D eigenvalue weighted by Crippen LogP contribution is 2.28. The molecule has 0 aliphatic rings. The molecule has 0 spiro atoms. The van der Waals surface area contributed by atoms with Crippen LogP contribution in [-0.2, 0) is 0 Å². The molecular weight excluding hydrogens is 308 g/mol. The molecule has 0 aliphatic heterocycles. The van der Waals surface area contributed by atoms with Crippen molar-refractivity contribution in [3.8, 4) is 0 Å². The Morgan fingerprint density at radius 3 is 1.24 bits per heavy atom. The van der Waals surface area contributed by atoms with Gasteiger partial charge in [0.15, 0.2) is 0 Å². The second kappa shape index (κ2) is 8.64. The lowest BCUT2D eigenvalue weighted by Crippen LogP contribution is -2.00. The third kappa shape index (κ3) is 5.18. The van der Waals surface area contributed by atoms with Gasteiger partial charge in [-0.05, 0) is 53.9 Å². The van der Waals surface area contributed by atoms with Crippen LogP contribution in [0.25, 0.3) is 0 Å². The molecule has 0 radical (unpaired) electrons. The molecule has 3 aromatic carbocycles. The average Bonchev–Trinajstić information content (AvgIpc) is 2.62. The van der Waals surface area contributed by atoms with Crippen molar-refractivity contribution in [1.29, 1.82) is 0 Å². The zero-order chi connectivity index (χ0) is 18.2. The highest BCUT2D eigenvalue weighted by molar-refractivity contribution is 5.62. The lowest BCUT2D eigenvalue weighted by molar-refractivity contribution is 0.778. The van der Waals surface area contributed by atoms with E-state index in [-0.39, 0.29) is 0 Å². The maximum Gasteiger partial charge on any atom is 0.0547 e. The van der Waals surface area contributed by atoms with Gasteiger partial charge in [0.2, 0.25) is 0 Å². The van der Waals surface area contributed by atoms with Crippen LogP contribution in [0.3, 0.4) is 0 Å². The fourth-order valence-electron chi connectivity index (χ4n) is 2.63. The Morgan fingerprint density at radius 2 is 0.960 bits per heavy atom. The summed E-state index contributed by atoms with van der Waals surface area (Å²) in [4.78, 5) is 0. The largest absolute Gasteiger partial charge is 0.399 e. The minimum absolute atomic E-state index is 0.413. The Balaban J connectivity index is 0.000000236. The van der Waals surface area contributed by atoms with E-state index in [2.05, 4.69) is 31.2 Å². The van der Waals surface area contributed by atoms with E-state index in [0.29, 0.717) is 17.3 Å². The van der Waals surface area contributed by atoms with Gasteiger partial charge >= 0.3 is 0 Å². The molecule has 0 fully saturated rings. The molecule has 3 aromatic rings. The third-order valence-corrected chi connectivity index (χ3v) is 4.08. The first kappa shape index (κ1) is 18.2. The van der Waals surface area contributed by atoms with E-state index < -0.39 is 0 Å². The molecular formula is C21H26N4. The van der Waals surface area contributed by atoms with Crippen molar-refractivity contribution >= 4 is 22.7 Å². The second-order valence-electron chi connectivity index (χ2n) is 5.92. The van der Waals surface area contributed by atoms with Gasteiger partial charge < -0.3 is 22.9 Å². The number of hydrogen-bond acceptors (Lipinski definition) is 4. The van der Waals surface area contributed by atoms with Gasteiger partial charge in [0.25, 0.3) is 0 Å². The molecule has 130 valence electrons. The summed E-state index contributed by atoms with van der Waals surface area (Å²) in [5, 5.41) is 0. The fraction of sp³-hybridized carbons (Fsp3) is 0.143. The quantitative estimate of drug-likeness (QED) is 0.538. The Morgan fingerprint density at radius 1 is 0.600 bits per heavy atom. The van der Waals surface area contributed by atoms with Crippen LogP contribution in [0.15, 0.2) is 72.8 Å². The number of anilines is 4. The van der Waals surface area contributed by atoms with Gasteiger partial charge in [0, 0.05) is 17.3 Å². The van der Waals surface area contributed by atoms with E-state index in [4.69, 9.17) is 22.9 Å². The number of benzene rings is 3. The monoisotopic (exact) mass is 334 g/mol. The molecule has 0 heterocycles. The first-order valence-corrected chi connectivity index (χ1v) is 8.32. The standard InChI is InChI=1S/C15H18N2.C6H8N2/c1-2-15(11-3-7-13(16)8-4-11)12-5-9-14(17)10-6-12;7-5-3-1-2-4-6(5)8/h3-10,15H,2,16-17H2,1H3;1-4H,7-8H2. The van der Waals surface area contributed by atoms with Crippen molar-refractivity contribution in [3.63, 3.8) is 0 Å². The summed E-state index contributed by atoms with van der Waals surface area (Å²) in [6.07, 6.45) is 1.06. The van der Waals surface area contributed by atoms with Crippen molar-refractivity contribution < 1.29 is 0 Å². The molecule has 0 amide bonds. The van der Waals surface area contributed by atoms with Gasteiger partial charge in [-0.15, -0.1) is 0 Å².